The van der Waals surface area contributed by atoms with E-state index in [-0.39, 0.29) is 18.0 Å². The number of nitrogens with zero attached hydrogens (tertiary/aromatic N) is 4. The fourth-order valence-corrected chi connectivity index (χ4v) is 1.74. The molecular formula is C14H20N6O. The Hall–Kier alpha value is -2.28. The zero-order chi connectivity index (χ0) is 15.5. The minimum atomic E-state index is -0.0945. The topological polar surface area (TPSA) is 84.7 Å². The van der Waals surface area contributed by atoms with E-state index in [4.69, 9.17) is 0 Å². The highest BCUT2D eigenvalue weighted by Gasteiger charge is 2.12. The summed E-state index contributed by atoms with van der Waals surface area (Å²) in [6, 6.07) is 7.40. The highest BCUT2D eigenvalue weighted by atomic mass is 16.1. The van der Waals surface area contributed by atoms with Crippen LogP contribution < -0.4 is 10.6 Å². The molecule has 0 fully saturated rings. The van der Waals surface area contributed by atoms with Crippen LogP contribution in [0, 0.1) is 6.92 Å². The highest BCUT2D eigenvalue weighted by Crippen LogP contribution is 2.14. The summed E-state index contributed by atoms with van der Waals surface area (Å²) in [5, 5.41) is 17.4. The maximum Gasteiger partial charge on any atom is 0.238 e. The van der Waals surface area contributed by atoms with Gasteiger partial charge in [0.05, 0.1) is 12.2 Å². The molecule has 1 aromatic heterocycles. The van der Waals surface area contributed by atoms with Crippen LogP contribution in [0.4, 0.5) is 5.69 Å². The molecule has 0 saturated heterocycles. The van der Waals surface area contributed by atoms with Crippen molar-refractivity contribution in [2.24, 2.45) is 0 Å². The number of aromatic nitrogens is 4. The summed E-state index contributed by atoms with van der Waals surface area (Å²) in [4.78, 5) is 11.9. The Morgan fingerprint density at radius 2 is 2.10 bits per heavy atom. The summed E-state index contributed by atoms with van der Waals surface area (Å²) in [5.41, 5.74) is 1.42. The van der Waals surface area contributed by atoms with Crippen LogP contribution in [0.3, 0.4) is 0 Å². The number of anilines is 1. The largest absolute Gasteiger partial charge is 0.325 e. The molecule has 112 valence electrons. The Morgan fingerprint density at radius 3 is 2.71 bits per heavy atom. The summed E-state index contributed by atoms with van der Waals surface area (Å²) in [6.07, 6.45) is 0. The first-order chi connectivity index (χ1) is 9.85. The van der Waals surface area contributed by atoms with Crippen LogP contribution >= 0.6 is 0 Å². The van der Waals surface area contributed by atoms with Gasteiger partial charge >= 0.3 is 0 Å². The lowest BCUT2D eigenvalue weighted by Gasteiger charge is -2.20. The first-order valence-electron chi connectivity index (χ1n) is 6.75. The molecule has 21 heavy (non-hydrogen) atoms. The predicted molar refractivity (Wildman–Crippen MR) is 80.3 cm³/mol. The van der Waals surface area contributed by atoms with Crippen molar-refractivity contribution < 1.29 is 4.79 Å². The molecule has 0 saturated carbocycles. The molecular weight excluding hydrogens is 268 g/mol. The third-order valence-electron chi connectivity index (χ3n) is 2.78. The summed E-state index contributed by atoms with van der Waals surface area (Å²) in [7, 11) is 0. The lowest BCUT2D eigenvalue weighted by molar-refractivity contribution is -0.115. The van der Waals surface area contributed by atoms with E-state index in [0.717, 1.165) is 5.69 Å². The van der Waals surface area contributed by atoms with Crippen molar-refractivity contribution in [3.8, 4) is 5.69 Å². The van der Waals surface area contributed by atoms with Gasteiger partial charge in [-0.2, -0.15) is 4.68 Å². The number of carbonyl (C=O) groups excluding carboxylic acids is 1. The number of carbonyl (C=O) groups is 1. The zero-order valence-corrected chi connectivity index (χ0v) is 12.7. The maximum absolute atomic E-state index is 11.9. The molecule has 7 nitrogen and oxygen atoms in total. The first-order valence-corrected chi connectivity index (χ1v) is 6.75. The maximum atomic E-state index is 11.9. The summed E-state index contributed by atoms with van der Waals surface area (Å²) in [5.74, 6) is 0.600. The van der Waals surface area contributed by atoms with Gasteiger partial charge < -0.3 is 10.6 Å². The molecule has 2 rings (SSSR count). The number of aryl methyl sites for hydroxylation is 1. The molecule has 0 aliphatic heterocycles. The van der Waals surface area contributed by atoms with Crippen molar-refractivity contribution in [3.63, 3.8) is 0 Å². The number of rotatable bonds is 4. The number of hydrogen-bond acceptors (Lipinski definition) is 5. The molecule has 1 aromatic carbocycles. The van der Waals surface area contributed by atoms with E-state index in [2.05, 4.69) is 26.2 Å². The first kappa shape index (κ1) is 15.1. The number of amides is 1. The van der Waals surface area contributed by atoms with E-state index < -0.39 is 0 Å². The Balaban J connectivity index is 2.05. The van der Waals surface area contributed by atoms with E-state index in [9.17, 15) is 4.79 Å². The molecule has 0 radical (unpaired) electrons. The minimum absolute atomic E-state index is 0.0875. The molecule has 2 N–H and O–H groups in total. The second kappa shape index (κ2) is 6.01. The monoisotopic (exact) mass is 288 g/mol. The lowest BCUT2D eigenvalue weighted by atomic mass is 10.1. The van der Waals surface area contributed by atoms with Crippen molar-refractivity contribution in [1.82, 2.24) is 25.5 Å². The number of tetrazole rings is 1. The molecule has 2 aromatic rings. The molecule has 0 spiro atoms. The van der Waals surface area contributed by atoms with Gasteiger partial charge in [0.15, 0.2) is 5.82 Å². The number of hydrogen-bond donors (Lipinski definition) is 2. The molecule has 7 heteroatoms. The molecule has 0 atom stereocenters. The van der Waals surface area contributed by atoms with Gasteiger partial charge in [0, 0.05) is 11.2 Å². The molecule has 1 heterocycles. The third-order valence-corrected chi connectivity index (χ3v) is 2.78. The second-order valence-electron chi connectivity index (χ2n) is 5.84. The van der Waals surface area contributed by atoms with E-state index in [1.165, 1.54) is 0 Å². The van der Waals surface area contributed by atoms with Crippen LogP contribution in [0.15, 0.2) is 24.3 Å². The van der Waals surface area contributed by atoms with Crippen LogP contribution in [0.1, 0.15) is 26.6 Å². The fourth-order valence-electron chi connectivity index (χ4n) is 1.74. The van der Waals surface area contributed by atoms with Crippen LogP contribution in [0.5, 0.6) is 0 Å². The summed E-state index contributed by atoms with van der Waals surface area (Å²) < 4.78 is 1.61. The number of benzene rings is 1. The van der Waals surface area contributed by atoms with Crippen molar-refractivity contribution in [3.05, 3.63) is 30.1 Å². The smallest absolute Gasteiger partial charge is 0.238 e. The molecule has 0 bridgehead atoms. The quantitative estimate of drug-likeness (QED) is 0.885. The van der Waals surface area contributed by atoms with E-state index in [1.807, 2.05) is 52.0 Å². The van der Waals surface area contributed by atoms with Crippen molar-refractivity contribution in [2.75, 3.05) is 11.9 Å². The van der Waals surface area contributed by atoms with Gasteiger partial charge in [0.25, 0.3) is 0 Å². The van der Waals surface area contributed by atoms with Crippen molar-refractivity contribution in [2.45, 2.75) is 33.2 Å². The standard InChI is InChI=1S/C14H20N6O/c1-10-17-18-19-20(10)12-7-5-6-11(8-12)16-13(21)9-15-14(2,3)4/h5-8,15H,9H2,1-4H3,(H,16,21). The van der Waals surface area contributed by atoms with Gasteiger partial charge in [-0.05, 0) is 56.3 Å². The normalized spacial score (nSPS) is 11.4. The summed E-state index contributed by atoms with van der Waals surface area (Å²) >= 11 is 0. The van der Waals surface area contributed by atoms with Gasteiger partial charge in [-0.3, -0.25) is 4.79 Å². The van der Waals surface area contributed by atoms with Crippen LogP contribution in [-0.4, -0.2) is 38.2 Å². The molecule has 0 unspecified atom stereocenters. The van der Waals surface area contributed by atoms with E-state index >= 15 is 0 Å². The zero-order valence-electron chi connectivity index (χ0n) is 12.7. The van der Waals surface area contributed by atoms with Crippen molar-refractivity contribution >= 4 is 11.6 Å². The Labute approximate surface area is 123 Å². The van der Waals surface area contributed by atoms with Gasteiger partial charge in [0.2, 0.25) is 5.91 Å². The van der Waals surface area contributed by atoms with Gasteiger partial charge in [-0.25, -0.2) is 0 Å². The lowest BCUT2D eigenvalue weighted by Crippen LogP contribution is -2.41. The van der Waals surface area contributed by atoms with E-state index in [1.54, 1.807) is 4.68 Å². The van der Waals surface area contributed by atoms with Gasteiger partial charge in [-0.1, -0.05) is 6.07 Å². The Morgan fingerprint density at radius 1 is 1.33 bits per heavy atom. The highest BCUT2D eigenvalue weighted by molar-refractivity contribution is 5.92. The fraction of sp³-hybridized carbons (Fsp3) is 0.429. The van der Waals surface area contributed by atoms with Crippen LogP contribution in [0.2, 0.25) is 0 Å². The SMILES string of the molecule is Cc1nnnn1-c1cccc(NC(=O)CNC(C)(C)C)c1. The molecule has 1 amide bonds. The average molecular weight is 288 g/mol. The molecule has 0 aliphatic rings. The van der Waals surface area contributed by atoms with Crippen molar-refractivity contribution in [1.29, 1.82) is 0 Å². The Bertz CT molecular complexity index is 628. The predicted octanol–water partition coefficient (Wildman–Crippen LogP) is 1.30. The van der Waals surface area contributed by atoms with Gasteiger partial charge in [-0.15, -0.1) is 5.10 Å². The average Bonchev–Trinajstić information content (AvgIpc) is 2.82. The number of nitrogens with one attached hydrogen (secondary N) is 2. The third kappa shape index (κ3) is 4.35. The Kier molecular flexibility index (Phi) is 4.32. The minimum Gasteiger partial charge on any atom is -0.325 e. The summed E-state index contributed by atoms with van der Waals surface area (Å²) in [6.45, 7) is 8.13. The van der Waals surface area contributed by atoms with Crippen LogP contribution in [0.25, 0.3) is 5.69 Å². The van der Waals surface area contributed by atoms with E-state index in [0.29, 0.717) is 11.5 Å². The van der Waals surface area contributed by atoms with Gasteiger partial charge in [0.1, 0.15) is 0 Å². The van der Waals surface area contributed by atoms with Crippen LogP contribution in [-0.2, 0) is 4.79 Å². The molecule has 0 aliphatic carbocycles. The second-order valence-corrected chi connectivity index (χ2v) is 5.84.